The van der Waals surface area contributed by atoms with Crippen molar-refractivity contribution in [1.82, 2.24) is 19.3 Å². The molecule has 0 saturated carbocycles. The summed E-state index contributed by atoms with van der Waals surface area (Å²) in [7, 11) is 0. The monoisotopic (exact) mass is 389 g/mol. The quantitative estimate of drug-likeness (QED) is 0.522. The summed E-state index contributed by atoms with van der Waals surface area (Å²) in [6.07, 6.45) is 5.09. The fourth-order valence-electron chi connectivity index (χ4n) is 3.57. The lowest BCUT2D eigenvalue weighted by Crippen LogP contribution is -2.30. The maximum atomic E-state index is 13.5. The van der Waals surface area contributed by atoms with E-state index in [1.807, 2.05) is 42.6 Å². The molecule has 0 aliphatic carbocycles. The van der Waals surface area contributed by atoms with Crippen LogP contribution in [0, 0.1) is 0 Å². The van der Waals surface area contributed by atoms with E-state index in [0.29, 0.717) is 17.1 Å². The molecule has 0 unspecified atom stereocenters. The van der Waals surface area contributed by atoms with Crippen molar-refractivity contribution in [3.05, 3.63) is 95.3 Å². The number of carbonyl (C=O) groups is 1. The van der Waals surface area contributed by atoms with E-state index >= 15 is 0 Å². The number of amides is 1. The number of aromatic nitrogens is 4. The third kappa shape index (κ3) is 2.78. The minimum atomic E-state index is -0.128. The summed E-state index contributed by atoms with van der Waals surface area (Å²) in [5.74, 6) is -0.128. The summed E-state index contributed by atoms with van der Waals surface area (Å²) in [5.41, 5.74) is 4.30. The van der Waals surface area contributed by atoms with Gasteiger partial charge in [-0.3, -0.25) is 4.79 Å². The first kappa shape index (κ1) is 16.8. The van der Waals surface area contributed by atoms with Gasteiger partial charge in [0.05, 0.1) is 22.8 Å². The molecule has 4 aromatic rings. The molecule has 7 heteroatoms. The van der Waals surface area contributed by atoms with E-state index in [1.54, 1.807) is 28.0 Å². The maximum absolute atomic E-state index is 13.5. The summed E-state index contributed by atoms with van der Waals surface area (Å²) in [6.45, 7) is 1.23. The highest BCUT2D eigenvalue weighted by Crippen LogP contribution is 2.31. The molecule has 0 saturated heterocycles. The van der Waals surface area contributed by atoms with Crippen LogP contribution in [0.25, 0.3) is 5.69 Å². The van der Waals surface area contributed by atoms with Gasteiger partial charge in [0.25, 0.3) is 5.91 Å². The van der Waals surface area contributed by atoms with Crippen LogP contribution in [-0.2, 0) is 13.1 Å². The van der Waals surface area contributed by atoms with Gasteiger partial charge in [-0.05, 0) is 42.0 Å². The molecule has 3 heterocycles. The summed E-state index contributed by atoms with van der Waals surface area (Å²) in [5, 5.41) is 4.49. The van der Waals surface area contributed by atoms with Crippen LogP contribution >= 0.6 is 11.6 Å². The SMILES string of the molecule is O=C(c1ccc(-n2cncn2)cc1Cl)N1Cc2cccn2Cc2ccccc21. The predicted molar refractivity (Wildman–Crippen MR) is 107 cm³/mol. The van der Waals surface area contributed by atoms with Gasteiger partial charge in [-0.15, -0.1) is 0 Å². The molecular weight excluding hydrogens is 374 g/mol. The van der Waals surface area contributed by atoms with Crippen LogP contribution in [0.4, 0.5) is 5.69 Å². The zero-order valence-electron chi connectivity index (χ0n) is 14.9. The normalized spacial score (nSPS) is 13.0. The van der Waals surface area contributed by atoms with Gasteiger partial charge < -0.3 is 9.47 Å². The van der Waals surface area contributed by atoms with E-state index in [9.17, 15) is 4.79 Å². The number of hydrogen-bond donors (Lipinski definition) is 0. The first-order valence-corrected chi connectivity index (χ1v) is 9.27. The van der Waals surface area contributed by atoms with Crippen molar-refractivity contribution in [2.45, 2.75) is 13.1 Å². The molecule has 28 heavy (non-hydrogen) atoms. The number of para-hydroxylation sites is 1. The van der Waals surface area contributed by atoms with Gasteiger partial charge in [0.2, 0.25) is 0 Å². The highest BCUT2D eigenvalue weighted by Gasteiger charge is 2.26. The Morgan fingerprint density at radius 3 is 2.75 bits per heavy atom. The molecule has 5 rings (SSSR count). The van der Waals surface area contributed by atoms with Gasteiger partial charge in [-0.1, -0.05) is 29.8 Å². The molecule has 2 aromatic carbocycles. The number of carbonyl (C=O) groups excluding carboxylic acids is 1. The number of anilines is 1. The molecule has 1 amide bonds. The second-order valence-corrected chi connectivity index (χ2v) is 7.06. The Labute approximate surface area is 166 Å². The molecule has 6 nitrogen and oxygen atoms in total. The van der Waals surface area contributed by atoms with Crippen molar-refractivity contribution >= 4 is 23.2 Å². The largest absolute Gasteiger partial charge is 0.345 e. The van der Waals surface area contributed by atoms with Gasteiger partial charge in [-0.25, -0.2) is 9.67 Å². The van der Waals surface area contributed by atoms with Crippen LogP contribution in [0.5, 0.6) is 0 Å². The third-order valence-electron chi connectivity index (χ3n) is 4.98. The van der Waals surface area contributed by atoms with Gasteiger partial charge in [0, 0.05) is 24.1 Å². The fraction of sp³-hybridized carbons (Fsp3) is 0.0952. The molecule has 1 aliphatic rings. The second kappa shape index (κ2) is 6.65. The average molecular weight is 390 g/mol. The summed E-state index contributed by atoms with van der Waals surface area (Å²) >= 11 is 6.49. The second-order valence-electron chi connectivity index (χ2n) is 6.65. The first-order chi connectivity index (χ1) is 13.7. The van der Waals surface area contributed by atoms with Crippen LogP contribution in [0.15, 0.2) is 73.4 Å². The van der Waals surface area contributed by atoms with Crippen molar-refractivity contribution in [3.8, 4) is 5.69 Å². The van der Waals surface area contributed by atoms with Crippen molar-refractivity contribution in [1.29, 1.82) is 0 Å². The summed E-state index contributed by atoms with van der Waals surface area (Å²) < 4.78 is 3.77. The minimum absolute atomic E-state index is 0.128. The number of benzene rings is 2. The van der Waals surface area contributed by atoms with E-state index in [4.69, 9.17) is 11.6 Å². The Morgan fingerprint density at radius 1 is 1.04 bits per heavy atom. The Kier molecular flexibility index (Phi) is 3.98. The van der Waals surface area contributed by atoms with Crippen molar-refractivity contribution in [3.63, 3.8) is 0 Å². The fourth-order valence-corrected chi connectivity index (χ4v) is 3.83. The maximum Gasteiger partial charge on any atom is 0.260 e. The lowest BCUT2D eigenvalue weighted by molar-refractivity contribution is 0.0985. The van der Waals surface area contributed by atoms with Gasteiger partial charge in [-0.2, -0.15) is 5.10 Å². The third-order valence-corrected chi connectivity index (χ3v) is 5.29. The minimum Gasteiger partial charge on any atom is -0.345 e. The molecule has 0 atom stereocenters. The molecule has 2 aromatic heterocycles. The lowest BCUT2D eigenvalue weighted by atomic mass is 10.1. The van der Waals surface area contributed by atoms with Gasteiger partial charge >= 0.3 is 0 Å². The summed E-state index contributed by atoms with van der Waals surface area (Å²) in [4.78, 5) is 19.2. The average Bonchev–Trinajstić information content (AvgIpc) is 3.36. The van der Waals surface area contributed by atoms with Crippen molar-refractivity contribution in [2.75, 3.05) is 4.90 Å². The summed E-state index contributed by atoms with van der Waals surface area (Å²) in [6, 6.07) is 17.3. The van der Waals surface area contributed by atoms with Gasteiger partial charge in [0.15, 0.2) is 0 Å². The van der Waals surface area contributed by atoms with Crippen LogP contribution < -0.4 is 4.90 Å². The van der Waals surface area contributed by atoms with Crippen molar-refractivity contribution in [2.24, 2.45) is 0 Å². The Balaban J connectivity index is 1.56. The Bertz CT molecular complexity index is 1170. The Morgan fingerprint density at radius 2 is 1.93 bits per heavy atom. The smallest absolute Gasteiger partial charge is 0.260 e. The number of halogens is 1. The molecule has 0 spiro atoms. The van der Waals surface area contributed by atoms with Crippen molar-refractivity contribution < 1.29 is 4.79 Å². The number of rotatable bonds is 2. The number of hydrogen-bond acceptors (Lipinski definition) is 3. The van der Waals surface area contributed by atoms with E-state index in [-0.39, 0.29) is 5.91 Å². The molecular formula is C21H16ClN5O. The van der Waals surface area contributed by atoms with E-state index in [0.717, 1.165) is 29.2 Å². The van der Waals surface area contributed by atoms with Gasteiger partial charge in [0.1, 0.15) is 12.7 Å². The van der Waals surface area contributed by atoms with E-state index in [1.165, 1.54) is 6.33 Å². The molecule has 1 aliphatic heterocycles. The van der Waals surface area contributed by atoms with E-state index in [2.05, 4.69) is 20.7 Å². The number of nitrogens with zero attached hydrogens (tertiary/aromatic N) is 5. The zero-order chi connectivity index (χ0) is 19.1. The zero-order valence-corrected chi connectivity index (χ0v) is 15.6. The molecule has 138 valence electrons. The molecule has 0 radical (unpaired) electrons. The van der Waals surface area contributed by atoms with Crippen LogP contribution in [0.3, 0.4) is 0 Å². The highest BCUT2D eigenvalue weighted by molar-refractivity contribution is 6.34. The predicted octanol–water partition coefficient (Wildman–Crippen LogP) is 3.93. The Hall–Kier alpha value is -3.38. The highest BCUT2D eigenvalue weighted by atomic mass is 35.5. The topological polar surface area (TPSA) is 56.0 Å². The lowest BCUT2D eigenvalue weighted by Gasteiger charge is -2.23. The molecule has 0 bridgehead atoms. The standard InChI is InChI=1S/C21H16ClN5O/c22-19-10-16(27-14-23-13-24-27)7-8-18(19)21(28)26-12-17-5-3-9-25(17)11-15-4-1-2-6-20(15)26/h1-10,13-14H,11-12H2. The number of fused-ring (bicyclic) bond motifs is 2. The van der Waals surface area contributed by atoms with Crippen LogP contribution in [0.1, 0.15) is 21.6 Å². The van der Waals surface area contributed by atoms with Crippen LogP contribution in [-0.4, -0.2) is 25.2 Å². The van der Waals surface area contributed by atoms with Crippen LogP contribution in [0.2, 0.25) is 5.02 Å². The van der Waals surface area contributed by atoms with E-state index < -0.39 is 0 Å². The molecule has 0 N–H and O–H groups in total. The molecule has 0 fully saturated rings. The first-order valence-electron chi connectivity index (χ1n) is 8.89.